The van der Waals surface area contributed by atoms with Crippen LogP contribution in [0.1, 0.15) is 18.9 Å². The van der Waals surface area contributed by atoms with Gasteiger partial charge in [-0.2, -0.15) is 0 Å². The van der Waals surface area contributed by atoms with Crippen molar-refractivity contribution in [2.45, 2.75) is 13.3 Å². The maximum absolute atomic E-state index is 11.2. The Hall–Kier alpha value is -2.09. The van der Waals surface area contributed by atoms with E-state index in [0.29, 0.717) is 6.42 Å². The van der Waals surface area contributed by atoms with E-state index in [0.717, 1.165) is 16.8 Å². The molecule has 0 heterocycles. The number of rotatable bonds is 5. The predicted molar refractivity (Wildman–Crippen MR) is 73.7 cm³/mol. The van der Waals surface area contributed by atoms with Crippen molar-refractivity contribution in [2.24, 2.45) is 0 Å². The van der Waals surface area contributed by atoms with Gasteiger partial charge in [-0.15, -0.1) is 0 Å². The second-order valence-corrected chi connectivity index (χ2v) is 3.54. The lowest BCUT2D eigenvalue weighted by Gasteiger charge is -2.05. The van der Waals surface area contributed by atoms with E-state index < -0.39 is 0 Å². The van der Waals surface area contributed by atoms with E-state index >= 15 is 0 Å². The normalized spacial score (nSPS) is 10.8. The molecule has 17 heavy (non-hydrogen) atoms. The number of anilines is 1. The van der Waals surface area contributed by atoms with E-state index in [4.69, 9.17) is 0 Å². The Morgan fingerprint density at radius 2 is 1.94 bits per heavy atom. The number of amides is 1. The van der Waals surface area contributed by atoms with Crippen molar-refractivity contribution in [1.82, 2.24) is 0 Å². The highest BCUT2D eigenvalue weighted by molar-refractivity contribution is 5.90. The van der Waals surface area contributed by atoms with Gasteiger partial charge in [-0.05, 0) is 23.3 Å². The zero-order valence-electron chi connectivity index (χ0n) is 10.1. The molecule has 1 aromatic rings. The van der Waals surface area contributed by atoms with E-state index in [1.165, 1.54) is 0 Å². The van der Waals surface area contributed by atoms with Gasteiger partial charge >= 0.3 is 0 Å². The summed E-state index contributed by atoms with van der Waals surface area (Å²) < 4.78 is 0. The summed E-state index contributed by atoms with van der Waals surface area (Å²) in [6.45, 7) is 9.24. The minimum Gasteiger partial charge on any atom is -0.326 e. The van der Waals surface area contributed by atoms with Crippen LogP contribution in [0.4, 0.5) is 5.69 Å². The average molecular weight is 227 g/mol. The van der Waals surface area contributed by atoms with Gasteiger partial charge in [0.05, 0.1) is 0 Å². The molecule has 1 N–H and O–H groups in total. The van der Waals surface area contributed by atoms with Crippen LogP contribution in [0.3, 0.4) is 0 Å². The smallest absolute Gasteiger partial charge is 0.224 e. The molecule has 2 nitrogen and oxygen atoms in total. The first-order valence-corrected chi connectivity index (χ1v) is 5.56. The molecular formula is C15H17NO. The summed E-state index contributed by atoms with van der Waals surface area (Å²) >= 11 is 0. The highest BCUT2D eigenvalue weighted by Gasteiger charge is 2.00. The Kier molecular flexibility index (Phi) is 4.95. The predicted octanol–water partition coefficient (Wildman–Crippen LogP) is 3.79. The number of carbonyl (C=O) groups excluding carboxylic acids is 1. The second-order valence-electron chi connectivity index (χ2n) is 3.54. The van der Waals surface area contributed by atoms with E-state index in [2.05, 4.69) is 18.5 Å². The van der Waals surface area contributed by atoms with Gasteiger partial charge < -0.3 is 5.32 Å². The molecular weight excluding hydrogens is 210 g/mol. The van der Waals surface area contributed by atoms with Gasteiger partial charge in [0, 0.05) is 12.1 Å². The first-order chi connectivity index (χ1) is 8.21. The van der Waals surface area contributed by atoms with Crippen LogP contribution in [-0.4, -0.2) is 5.91 Å². The molecule has 0 saturated carbocycles. The van der Waals surface area contributed by atoms with Crippen molar-refractivity contribution in [3.8, 4) is 0 Å². The Bertz CT molecular complexity index is 440. The maximum atomic E-state index is 11.2. The lowest BCUT2D eigenvalue weighted by atomic mass is 10.1. The fourth-order valence-electron chi connectivity index (χ4n) is 1.40. The zero-order chi connectivity index (χ0) is 12.7. The molecule has 0 unspecified atom stereocenters. The molecule has 88 valence electrons. The van der Waals surface area contributed by atoms with Crippen molar-refractivity contribution in [2.75, 3.05) is 5.32 Å². The fraction of sp³-hybridized carbons (Fsp3) is 0.133. The van der Waals surface area contributed by atoms with Crippen LogP contribution < -0.4 is 5.32 Å². The molecule has 0 aliphatic rings. The first-order valence-electron chi connectivity index (χ1n) is 5.56. The van der Waals surface area contributed by atoms with E-state index in [1.807, 2.05) is 37.3 Å². The fourth-order valence-corrected chi connectivity index (χ4v) is 1.40. The van der Waals surface area contributed by atoms with Crippen molar-refractivity contribution in [3.05, 3.63) is 61.2 Å². The molecule has 0 fully saturated rings. The lowest BCUT2D eigenvalue weighted by molar-refractivity contribution is -0.115. The average Bonchev–Trinajstić information content (AvgIpc) is 2.37. The highest BCUT2D eigenvalue weighted by atomic mass is 16.1. The molecule has 2 heteroatoms. The van der Waals surface area contributed by atoms with Crippen LogP contribution in [0.2, 0.25) is 0 Å². The zero-order valence-corrected chi connectivity index (χ0v) is 10.1. The largest absolute Gasteiger partial charge is 0.326 e. The Morgan fingerprint density at radius 1 is 1.29 bits per heavy atom. The minimum atomic E-state index is 0.0170. The third-order valence-electron chi connectivity index (χ3n) is 2.34. The van der Waals surface area contributed by atoms with Crippen LogP contribution in [0.25, 0.3) is 5.57 Å². The number of benzene rings is 1. The number of carbonyl (C=O) groups is 1. The van der Waals surface area contributed by atoms with Crippen molar-refractivity contribution >= 4 is 17.2 Å². The molecule has 1 aromatic carbocycles. The van der Waals surface area contributed by atoms with Gasteiger partial charge in [0.2, 0.25) is 5.91 Å². The van der Waals surface area contributed by atoms with Crippen LogP contribution in [-0.2, 0) is 4.79 Å². The van der Waals surface area contributed by atoms with Crippen molar-refractivity contribution in [1.29, 1.82) is 0 Å². The number of hydrogen-bond acceptors (Lipinski definition) is 1. The molecule has 0 radical (unpaired) electrons. The standard InChI is InChI=1S/C15H17NO/c1-4-7-12(5-2)13-8-10-14(11-9-13)16-15(17)6-3/h4-5,7-11H,1-2,6H2,3H3,(H,16,17)/b12-7+. The van der Waals surface area contributed by atoms with Crippen LogP contribution >= 0.6 is 0 Å². The molecule has 1 amide bonds. The van der Waals surface area contributed by atoms with Crippen molar-refractivity contribution in [3.63, 3.8) is 0 Å². The Balaban J connectivity index is 2.87. The van der Waals surface area contributed by atoms with Gasteiger partial charge in [-0.3, -0.25) is 4.79 Å². The summed E-state index contributed by atoms with van der Waals surface area (Å²) in [7, 11) is 0. The van der Waals surface area contributed by atoms with Gasteiger partial charge in [-0.25, -0.2) is 0 Å². The third-order valence-corrected chi connectivity index (χ3v) is 2.34. The SMILES string of the molecule is C=C/C=C(\C=C)c1ccc(NC(=O)CC)cc1. The summed E-state index contributed by atoms with van der Waals surface area (Å²) in [6, 6.07) is 7.65. The number of allylic oxidation sites excluding steroid dienone is 4. The maximum Gasteiger partial charge on any atom is 0.224 e. The Morgan fingerprint density at radius 3 is 2.41 bits per heavy atom. The van der Waals surface area contributed by atoms with E-state index in [9.17, 15) is 4.79 Å². The monoisotopic (exact) mass is 227 g/mol. The van der Waals surface area contributed by atoms with Crippen LogP contribution in [0, 0.1) is 0 Å². The van der Waals surface area contributed by atoms with Crippen molar-refractivity contribution < 1.29 is 4.79 Å². The molecule has 0 aliphatic carbocycles. The third kappa shape index (κ3) is 3.76. The van der Waals surface area contributed by atoms with E-state index in [1.54, 1.807) is 12.2 Å². The minimum absolute atomic E-state index is 0.0170. The summed E-state index contributed by atoms with van der Waals surface area (Å²) in [5.41, 5.74) is 2.87. The van der Waals surface area contributed by atoms with Gasteiger partial charge in [0.25, 0.3) is 0 Å². The second kappa shape index (κ2) is 6.48. The van der Waals surface area contributed by atoms with Gasteiger partial charge in [-0.1, -0.05) is 50.4 Å². The molecule has 0 aromatic heterocycles. The van der Waals surface area contributed by atoms with Crippen LogP contribution in [0.15, 0.2) is 55.7 Å². The summed E-state index contributed by atoms with van der Waals surface area (Å²) in [6.07, 6.45) is 5.88. The molecule has 0 spiro atoms. The molecule has 0 aliphatic heterocycles. The topological polar surface area (TPSA) is 29.1 Å². The highest BCUT2D eigenvalue weighted by Crippen LogP contribution is 2.18. The quantitative estimate of drug-likeness (QED) is 0.762. The summed E-state index contributed by atoms with van der Waals surface area (Å²) in [5, 5.41) is 2.80. The molecule has 0 saturated heterocycles. The number of hydrogen-bond donors (Lipinski definition) is 1. The molecule has 0 bridgehead atoms. The van der Waals surface area contributed by atoms with Gasteiger partial charge in [0.15, 0.2) is 0 Å². The summed E-state index contributed by atoms with van der Waals surface area (Å²) in [4.78, 5) is 11.2. The number of nitrogens with one attached hydrogen (secondary N) is 1. The molecule has 0 atom stereocenters. The van der Waals surface area contributed by atoms with E-state index in [-0.39, 0.29) is 5.91 Å². The lowest BCUT2D eigenvalue weighted by Crippen LogP contribution is -2.09. The molecule has 1 rings (SSSR count). The van der Waals surface area contributed by atoms with Crippen LogP contribution in [0.5, 0.6) is 0 Å². The Labute approximate surface area is 102 Å². The first kappa shape index (κ1) is 13.0. The summed E-state index contributed by atoms with van der Waals surface area (Å²) in [5.74, 6) is 0.0170. The van der Waals surface area contributed by atoms with Gasteiger partial charge in [0.1, 0.15) is 0 Å².